The molecular formula is C20H32N4O2. The molecule has 0 aliphatic carbocycles. The number of unbranched alkanes of at least 4 members (excludes halogenated alkanes) is 1. The van der Waals surface area contributed by atoms with Gasteiger partial charge in [-0.15, -0.1) is 0 Å². The van der Waals surface area contributed by atoms with E-state index >= 15 is 0 Å². The van der Waals surface area contributed by atoms with Gasteiger partial charge in [-0.05, 0) is 43.0 Å². The van der Waals surface area contributed by atoms with Crippen molar-refractivity contribution in [2.75, 3.05) is 59.6 Å². The van der Waals surface area contributed by atoms with E-state index in [0.717, 1.165) is 77.0 Å². The summed E-state index contributed by atoms with van der Waals surface area (Å²) in [5, 5.41) is 6.82. The fourth-order valence-electron chi connectivity index (χ4n) is 3.43. The molecule has 3 rings (SSSR count). The molecule has 2 aliphatic rings. The van der Waals surface area contributed by atoms with Crippen molar-refractivity contribution in [3.63, 3.8) is 0 Å². The minimum absolute atomic E-state index is 0.819. The Hall–Kier alpha value is -1.79. The van der Waals surface area contributed by atoms with Crippen LogP contribution in [0.4, 0.5) is 0 Å². The molecule has 1 aromatic carbocycles. The van der Waals surface area contributed by atoms with Crippen molar-refractivity contribution >= 4 is 5.96 Å². The zero-order valence-electron chi connectivity index (χ0n) is 15.9. The van der Waals surface area contributed by atoms with E-state index < -0.39 is 0 Å². The number of hydrogen-bond acceptors (Lipinski definition) is 4. The zero-order chi connectivity index (χ0) is 18.0. The fourth-order valence-corrected chi connectivity index (χ4v) is 3.43. The van der Waals surface area contributed by atoms with Crippen LogP contribution in [0.3, 0.4) is 0 Å². The van der Waals surface area contributed by atoms with Crippen LogP contribution in [0.15, 0.2) is 23.2 Å². The summed E-state index contributed by atoms with van der Waals surface area (Å²) < 4.78 is 10.9. The summed E-state index contributed by atoms with van der Waals surface area (Å²) in [7, 11) is 1.83. The van der Waals surface area contributed by atoms with Gasteiger partial charge in [-0.3, -0.25) is 9.89 Å². The van der Waals surface area contributed by atoms with E-state index in [0.29, 0.717) is 0 Å². The van der Waals surface area contributed by atoms with Crippen LogP contribution in [0.2, 0.25) is 0 Å². The molecule has 0 spiro atoms. The number of guanidine groups is 1. The number of aliphatic imine (C=N–C) groups is 1. The van der Waals surface area contributed by atoms with Gasteiger partial charge in [0.05, 0.1) is 19.8 Å². The second-order valence-electron chi connectivity index (χ2n) is 6.88. The standard InChI is InChI=1S/C20H32N4O2/c1-21-20(22-8-2-3-10-24-11-14-25-15-12-24)23-9-6-17-4-5-19-18(16-17)7-13-26-19/h4-5,16H,2-3,6-15H2,1H3,(H2,21,22,23). The topological polar surface area (TPSA) is 58.1 Å². The lowest BCUT2D eigenvalue weighted by Gasteiger charge is -2.26. The van der Waals surface area contributed by atoms with E-state index in [4.69, 9.17) is 9.47 Å². The van der Waals surface area contributed by atoms with Crippen molar-refractivity contribution in [3.8, 4) is 5.75 Å². The molecule has 26 heavy (non-hydrogen) atoms. The molecule has 2 aliphatic heterocycles. The largest absolute Gasteiger partial charge is 0.493 e. The molecule has 1 aromatic rings. The Balaban J connectivity index is 1.27. The van der Waals surface area contributed by atoms with Crippen molar-refractivity contribution in [2.24, 2.45) is 4.99 Å². The molecule has 0 aromatic heterocycles. The van der Waals surface area contributed by atoms with Gasteiger partial charge in [-0.1, -0.05) is 12.1 Å². The van der Waals surface area contributed by atoms with Crippen molar-refractivity contribution in [1.29, 1.82) is 0 Å². The molecule has 1 saturated heterocycles. The summed E-state index contributed by atoms with van der Waals surface area (Å²) in [5.74, 6) is 1.94. The first-order valence-electron chi connectivity index (χ1n) is 9.84. The highest BCUT2D eigenvalue weighted by Gasteiger charge is 2.12. The quantitative estimate of drug-likeness (QED) is 0.417. The van der Waals surface area contributed by atoms with Gasteiger partial charge in [0.2, 0.25) is 0 Å². The van der Waals surface area contributed by atoms with E-state index in [1.165, 1.54) is 24.1 Å². The molecule has 6 nitrogen and oxygen atoms in total. The number of fused-ring (bicyclic) bond motifs is 1. The third-order valence-electron chi connectivity index (χ3n) is 4.98. The van der Waals surface area contributed by atoms with E-state index in [2.05, 4.69) is 38.7 Å². The number of nitrogens with zero attached hydrogens (tertiary/aromatic N) is 2. The van der Waals surface area contributed by atoms with Gasteiger partial charge in [0, 0.05) is 39.6 Å². The Bertz CT molecular complexity index is 585. The first-order chi connectivity index (χ1) is 12.8. The molecule has 144 valence electrons. The first kappa shape index (κ1) is 19.0. The van der Waals surface area contributed by atoms with Gasteiger partial charge in [-0.25, -0.2) is 0 Å². The Labute approximate surface area is 157 Å². The van der Waals surface area contributed by atoms with Crippen molar-refractivity contribution in [1.82, 2.24) is 15.5 Å². The summed E-state index contributed by atoms with van der Waals surface area (Å²) in [4.78, 5) is 6.80. The van der Waals surface area contributed by atoms with E-state index in [-0.39, 0.29) is 0 Å². The lowest BCUT2D eigenvalue weighted by molar-refractivity contribution is 0.0372. The molecule has 0 unspecified atom stereocenters. The van der Waals surface area contributed by atoms with Crippen LogP contribution in [0.5, 0.6) is 5.75 Å². The minimum Gasteiger partial charge on any atom is -0.493 e. The number of morpholine rings is 1. The average Bonchev–Trinajstić information content (AvgIpc) is 3.15. The molecule has 0 amide bonds. The summed E-state index contributed by atoms with van der Waals surface area (Å²) in [6.45, 7) is 7.74. The molecule has 2 heterocycles. The van der Waals surface area contributed by atoms with Crippen LogP contribution in [0.25, 0.3) is 0 Å². The monoisotopic (exact) mass is 360 g/mol. The number of benzene rings is 1. The third kappa shape index (κ3) is 5.88. The van der Waals surface area contributed by atoms with Gasteiger partial charge in [0.25, 0.3) is 0 Å². The van der Waals surface area contributed by atoms with Gasteiger partial charge < -0.3 is 20.1 Å². The number of hydrogen-bond donors (Lipinski definition) is 2. The maximum Gasteiger partial charge on any atom is 0.190 e. The average molecular weight is 361 g/mol. The Morgan fingerprint density at radius 2 is 1.96 bits per heavy atom. The Morgan fingerprint density at radius 1 is 1.12 bits per heavy atom. The molecule has 2 N–H and O–H groups in total. The van der Waals surface area contributed by atoms with Crippen LogP contribution < -0.4 is 15.4 Å². The highest BCUT2D eigenvalue weighted by molar-refractivity contribution is 5.79. The van der Waals surface area contributed by atoms with Crippen molar-refractivity contribution in [3.05, 3.63) is 29.3 Å². The summed E-state index contributed by atoms with van der Waals surface area (Å²) in [5.41, 5.74) is 2.69. The lowest BCUT2D eigenvalue weighted by atomic mass is 10.1. The van der Waals surface area contributed by atoms with Crippen molar-refractivity contribution < 1.29 is 9.47 Å². The highest BCUT2D eigenvalue weighted by Crippen LogP contribution is 2.25. The minimum atomic E-state index is 0.819. The van der Waals surface area contributed by atoms with E-state index in [1.807, 2.05) is 7.05 Å². The number of nitrogens with one attached hydrogen (secondary N) is 2. The Kier molecular flexibility index (Phi) is 7.58. The van der Waals surface area contributed by atoms with Crippen LogP contribution >= 0.6 is 0 Å². The van der Waals surface area contributed by atoms with Crippen molar-refractivity contribution in [2.45, 2.75) is 25.7 Å². The molecular weight excluding hydrogens is 328 g/mol. The smallest absolute Gasteiger partial charge is 0.190 e. The second kappa shape index (κ2) is 10.4. The van der Waals surface area contributed by atoms with E-state index in [1.54, 1.807) is 0 Å². The third-order valence-corrected chi connectivity index (χ3v) is 4.98. The van der Waals surface area contributed by atoms with Gasteiger partial charge in [0.1, 0.15) is 5.75 Å². The number of ether oxygens (including phenoxy) is 2. The fraction of sp³-hybridized carbons (Fsp3) is 0.650. The summed E-state index contributed by atoms with van der Waals surface area (Å²) >= 11 is 0. The number of rotatable bonds is 8. The normalized spacial score (nSPS) is 17.7. The molecule has 0 radical (unpaired) electrons. The lowest BCUT2D eigenvalue weighted by Crippen LogP contribution is -2.39. The molecule has 0 atom stereocenters. The molecule has 6 heteroatoms. The van der Waals surface area contributed by atoms with Gasteiger partial charge in [-0.2, -0.15) is 0 Å². The van der Waals surface area contributed by atoms with E-state index in [9.17, 15) is 0 Å². The van der Waals surface area contributed by atoms with Gasteiger partial charge in [0.15, 0.2) is 5.96 Å². The highest BCUT2D eigenvalue weighted by atomic mass is 16.5. The maximum absolute atomic E-state index is 5.56. The first-order valence-corrected chi connectivity index (χ1v) is 9.84. The SMILES string of the molecule is CN=C(NCCCCN1CCOCC1)NCCc1ccc2c(c1)CCO2. The predicted molar refractivity (Wildman–Crippen MR) is 105 cm³/mol. The Morgan fingerprint density at radius 3 is 2.81 bits per heavy atom. The molecule has 1 fully saturated rings. The van der Waals surface area contributed by atoms with Crippen LogP contribution in [-0.4, -0.2) is 70.5 Å². The predicted octanol–water partition coefficient (Wildman–Crippen LogP) is 1.44. The van der Waals surface area contributed by atoms with Crippen LogP contribution in [0.1, 0.15) is 24.0 Å². The zero-order valence-corrected chi connectivity index (χ0v) is 15.9. The second-order valence-corrected chi connectivity index (χ2v) is 6.88. The van der Waals surface area contributed by atoms with Crippen LogP contribution in [-0.2, 0) is 17.6 Å². The summed E-state index contributed by atoms with van der Waals surface area (Å²) in [6, 6.07) is 6.53. The maximum atomic E-state index is 5.56. The summed E-state index contributed by atoms with van der Waals surface area (Å²) in [6.07, 6.45) is 4.39. The van der Waals surface area contributed by atoms with Gasteiger partial charge >= 0.3 is 0 Å². The van der Waals surface area contributed by atoms with Crippen LogP contribution in [0, 0.1) is 0 Å². The molecule has 0 saturated carbocycles. The molecule has 0 bridgehead atoms.